The van der Waals surface area contributed by atoms with Gasteiger partial charge in [0.05, 0.1) is 30.0 Å². The molecule has 1 atom stereocenters. The highest BCUT2D eigenvalue weighted by Crippen LogP contribution is 2.41. The lowest BCUT2D eigenvalue weighted by molar-refractivity contribution is -0.139. The van der Waals surface area contributed by atoms with Crippen LogP contribution in [0.3, 0.4) is 0 Å². The van der Waals surface area contributed by atoms with Gasteiger partial charge < -0.3 is 24.4 Å². The van der Waals surface area contributed by atoms with E-state index in [1.165, 1.54) is 4.90 Å². The molecular weight excluding hydrogens is 420 g/mol. The number of carbonyl (C=O) groups excluding carboxylic acids is 2. The molecule has 7 nitrogen and oxygen atoms in total. The highest BCUT2D eigenvalue weighted by Gasteiger charge is 2.45. The molecule has 1 fully saturated rings. The molecule has 2 heterocycles. The van der Waals surface area contributed by atoms with Gasteiger partial charge in [0, 0.05) is 19.2 Å². The third kappa shape index (κ3) is 4.27. The zero-order chi connectivity index (χ0) is 23.7. The molecular formula is C26H30N2O5. The van der Waals surface area contributed by atoms with Crippen LogP contribution in [0, 0.1) is 0 Å². The maximum absolute atomic E-state index is 13.1. The third-order valence-corrected chi connectivity index (χ3v) is 5.88. The summed E-state index contributed by atoms with van der Waals surface area (Å²) in [5.41, 5.74) is 2.12. The molecule has 7 heteroatoms. The number of nitrogens with zero attached hydrogens (tertiary/aromatic N) is 2. The van der Waals surface area contributed by atoms with Crippen LogP contribution in [0.25, 0.3) is 5.76 Å². The monoisotopic (exact) mass is 450 g/mol. The van der Waals surface area contributed by atoms with Crippen molar-refractivity contribution in [1.29, 1.82) is 0 Å². The Labute approximate surface area is 194 Å². The van der Waals surface area contributed by atoms with Crippen molar-refractivity contribution in [1.82, 2.24) is 4.90 Å². The van der Waals surface area contributed by atoms with Crippen molar-refractivity contribution in [2.45, 2.75) is 39.3 Å². The fraction of sp³-hybridized carbons (Fsp3) is 0.385. The minimum Gasteiger partial charge on any atom is -0.507 e. The molecule has 2 aliphatic rings. The summed E-state index contributed by atoms with van der Waals surface area (Å²) >= 11 is 0. The summed E-state index contributed by atoms with van der Waals surface area (Å²) in [6.07, 6.45) is 0.671. The van der Waals surface area contributed by atoms with Crippen molar-refractivity contribution in [3.05, 3.63) is 59.2 Å². The van der Waals surface area contributed by atoms with Gasteiger partial charge in [0.25, 0.3) is 11.7 Å². The Balaban J connectivity index is 1.84. The van der Waals surface area contributed by atoms with E-state index in [-0.39, 0.29) is 17.4 Å². The van der Waals surface area contributed by atoms with Crippen LogP contribution in [0.4, 0.5) is 5.69 Å². The Morgan fingerprint density at radius 1 is 1.21 bits per heavy atom. The van der Waals surface area contributed by atoms with Crippen molar-refractivity contribution < 1.29 is 24.2 Å². The standard InChI is InChI=1S/C26H30N2O5/c1-5-11-28-23(17-7-6-8-19(14-17)33-16(2)3)22(25(30)26(28)31)24(29)18-9-10-21-20(15-18)27(4)12-13-32-21/h6-10,14-16,23,29H,5,11-13H2,1-4H3/b24-22-. The van der Waals surface area contributed by atoms with Gasteiger partial charge in [-0.25, -0.2) is 0 Å². The number of hydrogen-bond donors (Lipinski definition) is 1. The Bertz CT molecular complexity index is 1110. The molecule has 0 bridgehead atoms. The van der Waals surface area contributed by atoms with Crippen molar-refractivity contribution in [2.75, 3.05) is 31.6 Å². The number of aliphatic hydroxyl groups excluding tert-OH is 1. The smallest absolute Gasteiger partial charge is 0.295 e. The quantitative estimate of drug-likeness (QED) is 0.405. The average molecular weight is 451 g/mol. The molecule has 1 amide bonds. The first kappa shape index (κ1) is 22.7. The van der Waals surface area contributed by atoms with Gasteiger partial charge in [-0.3, -0.25) is 9.59 Å². The first-order chi connectivity index (χ1) is 15.8. The second-order valence-corrected chi connectivity index (χ2v) is 8.68. The van der Waals surface area contributed by atoms with Gasteiger partial charge in [0.15, 0.2) is 0 Å². The number of fused-ring (bicyclic) bond motifs is 1. The van der Waals surface area contributed by atoms with Crippen molar-refractivity contribution in [3.8, 4) is 11.5 Å². The van der Waals surface area contributed by atoms with E-state index in [1.54, 1.807) is 18.2 Å². The number of aliphatic hydroxyl groups is 1. The molecule has 0 aromatic heterocycles. The van der Waals surface area contributed by atoms with Gasteiger partial charge in [0.2, 0.25) is 0 Å². The zero-order valence-electron chi connectivity index (χ0n) is 19.5. The van der Waals surface area contributed by atoms with E-state index in [0.717, 1.165) is 23.5 Å². The Morgan fingerprint density at radius 3 is 2.73 bits per heavy atom. The van der Waals surface area contributed by atoms with Crippen molar-refractivity contribution >= 4 is 23.1 Å². The van der Waals surface area contributed by atoms with Crippen LogP contribution in [0.1, 0.15) is 44.4 Å². The molecule has 2 aliphatic heterocycles. The molecule has 0 aliphatic carbocycles. The van der Waals surface area contributed by atoms with Crippen LogP contribution in [0.2, 0.25) is 0 Å². The molecule has 0 spiro atoms. The number of likely N-dealkylation sites (N-methyl/N-ethyl adjacent to an activating group) is 1. The summed E-state index contributed by atoms with van der Waals surface area (Å²) in [6, 6.07) is 12.0. The predicted octanol–water partition coefficient (Wildman–Crippen LogP) is 4.13. The number of ketones is 1. The molecule has 2 aromatic rings. The van der Waals surface area contributed by atoms with Gasteiger partial charge >= 0.3 is 0 Å². The summed E-state index contributed by atoms with van der Waals surface area (Å²) < 4.78 is 11.5. The number of hydrogen-bond acceptors (Lipinski definition) is 6. The van der Waals surface area contributed by atoms with E-state index >= 15 is 0 Å². The maximum Gasteiger partial charge on any atom is 0.295 e. The van der Waals surface area contributed by atoms with Gasteiger partial charge in [0.1, 0.15) is 23.9 Å². The fourth-order valence-electron chi connectivity index (χ4n) is 4.38. The first-order valence-electron chi connectivity index (χ1n) is 11.3. The van der Waals surface area contributed by atoms with Crippen LogP contribution < -0.4 is 14.4 Å². The van der Waals surface area contributed by atoms with Crippen molar-refractivity contribution in [2.24, 2.45) is 0 Å². The number of Topliss-reactive ketones (excluding diaryl/α,β-unsaturated/α-hetero) is 1. The molecule has 1 saturated heterocycles. The van der Waals surface area contributed by atoms with E-state index in [0.29, 0.717) is 30.9 Å². The van der Waals surface area contributed by atoms with Crippen molar-refractivity contribution in [3.63, 3.8) is 0 Å². The normalized spacial score (nSPS) is 19.6. The summed E-state index contributed by atoms with van der Waals surface area (Å²) in [5.74, 6) is -0.0895. The summed E-state index contributed by atoms with van der Waals surface area (Å²) in [6.45, 7) is 7.54. The molecule has 1 N–H and O–H groups in total. The lowest BCUT2D eigenvalue weighted by Gasteiger charge is -2.28. The molecule has 1 unspecified atom stereocenters. The minimum absolute atomic E-state index is 0.0167. The van der Waals surface area contributed by atoms with Crippen LogP contribution in [0.15, 0.2) is 48.0 Å². The Morgan fingerprint density at radius 2 is 2.00 bits per heavy atom. The number of carbonyl (C=O) groups is 2. The van der Waals surface area contributed by atoms with Crippen LogP contribution in [-0.2, 0) is 9.59 Å². The van der Waals surface area contributed by atoms with Gasteiger partial charge in [-0.15, -0.1) is 0 Å². The van der Waals surface area contributed by atoms with E-state index in [9.17, 15) is 14.7 Å². The molecule has 0 saturated carbocycles. The zero-order valence-corrected chi connectivity index (χ0v) is 19.5. The fourth-order valence-corrected chi connectivity index (χ4v) is 4.38. The second-order valence-electron chi connectivity index (χ2n) is 8.68. The maximum atomic E-state index is 13.1. The topological polar surface area (TPSA) is 79.3 Å². The lowest BCUT2D eigenvalue weighted by Crippen LogP contribution is -2.30. The highest BCUT2D eigenvalue weighted by atomic mass is 16.5. The lowest BCUT2D eigenvalue weighted by atomic mass is 9.94. The molecule has 174 valence electrons. The molecule has 0 radical (unpaired) electrons. The average Bonchev–Trinajstić information content (AvgIpc) is 3.04. The number of rotatable bonds is 6. The number of ether oxygens (including phenoxy) is 2. The van der Waals surface area contributed by atoms with E-state index in [2.05, 4.69) is 0 Å². The van der Waals surface area contributed by atoms with Gasteiger partial charge in [-0.1, -0.05) is 19.1 Å². The number of likely N-dealkylation sites (tertiary alicyclic amines) is 1. The second kappa shape index (κ2) is 9.17. The Hall–Kier alpha value is -3.48. The largest absolute Gasteiger partial charge is 0.507 e. The van der Waals surface area contributed by atoms with E-state index in [4.69, 9.17) is 9.47 Å². The van der Waals surface area contributed by atoms with Gasteiger partial charge in [-0.2, -0.15) is 0 Å². The van der Waals surface area contributed by atoms with E-state index in [1.807, 2.05) is 57.0 Å². The summed E-state index contributed by atoms with van der Waals surface area (Å²) in [5, 5.41) is 11.3. The molecule has 33 heavy (non-hydrogen) atoms. The van der Waals surface area contributed by atoms with Gasteiger partial charge in [-0.05, 0) is 56.2 Å². The Kier molecular flexibility index (Phi) is 6.31. The SMILES string of the molecule is CCCN1C(=O)C(=O)/C(=C(\O)c2ccc3c(c2)N(C)CCO3)C1c1cccc(OC(C)C)c1. The van der Waals surface area contributed by atoms with E-state index < -0.39 is 17.7 Å². The number of benzene rings is 2. The third-order valence-electron chi connectivity index (χ3n) is 5.88. The van der Waals surface area contributed by atoms with Crippen LogP contribution in [-0.4, -0.2) is 54.5 Å². The molecule has 4 rings (SSSR count). The first-order valence-corrected chi connectivity index (χ1v) is 11.3. The van der Waals surface area contributed by atoms with Crippen LogP contribution >= 0.6 is 0 Å². The number of amides is 1. The molecule has 2 aromatic carbocycles. The minimum atomic E-state index is -0.689. The predicted molar refractivity (Wildman–Crippen MR) is 127 cm³/mol. The summed E-state index contributed by atoms with van der Waals surface area (Å²) in [4.78, 5) is 29.6. The highest BCUT2D eigenvalue weighted by molar-refractivity contribution is 6.46. The summed E-state index contributed by atoms with van der Waals surface area (Å²) in [7, 11) is 1.95. The van der Waals surface area contributed by atoms with Crippen LogP contribution in [0.5, 0.6) is 11.5 Å². The number of anilines is 1.